The highest BCUT2D eigenvalue weighted by atomic mass is 16.1. The number of carbonyl (C=O) groups excluding carboxylic acids is 2. The molecule has 1 aliphatic carbocycles. The molecule has 1 aliphatic rings. The number of para-hydroxylation sites is 2. The molecule has 4 nitrogen and oxygen atoms in total. The third kappa shape index (κ3) is 7.49. The third-order valence-electron chi connectivity index (χ3n) is 14.9. The van der Waals surface area contributed by atoms with E-state index in [0.29, 0.717) is 11.1 Å². The number of fused-ring (bicyclic) bond motifs is 9. The van der Waals surface area contributed by atoms with Crippen molar-refractivity contribution in [3.63, 3.8) is 0 Å². The highest BCUT2D eigenvalue weighted by molar-refractivity contribution is 6.14. The zero-order valence-corrected chi connectivity index (χ0v) is 38.6. The summed E-state index contributed by atoms with van der Waals surface area (Å²) in [5.74, 6) is 0. The lowest BCUT2D eigenvalue weighted by atomic mass is 9.70. The molecule has 11 rings (SSSR count). The molecule has 4 heteroatoms. The van der Waals surface area contributed by atoms with Gasteiger partial charge < -0.3 is 9.97 Å². The monoisotopic (exact) mass is 872 g/mol. The highest BCUT2D eigenvalue weighted by Crippen LogP contribution is 2.56. The van der Waals surface area contributed by atoms with Crippen LogP contribution in [0.1, 0.15) is 110 Å². The van der Waals surface area contributed by atoms with Crippen LogP contribution in [0.3, 0.4) is 0 Å². The van der Waals surface area contributed by atoms with E-state index in [-0.39, 0.29) is 5.41 Å². The second-order valence-electron chi connectivity index (χ2n) is 18.9. The molecule has 0 saturated heterocycles. The lowest BCUT2D eigenvalue weighted by molar-refractivity contribution is 0.111. The summed E-state index contributed by atoms with van der Waals surface area (Å²) in [6.07, 6.45) is 14.0. The second kappa shape index (κ2) is 17.8. The topological polar surface area (TPSA) is 65.7 Å². The van der Waals surface area contributed by atoms with Crippen LogP contribution in [0.4, 0.5) is 0 Å². The predicted octanol–water partition coefficient (Wildman–Crippen LogP) is 17.5. The fraction of sp³-hybridized carbons (Fsp3) is 0.206. The van der Waals surface area contributed by atoms with Gasteiger partial charge in [0.1, 0.15) is 12.6 Å². The summed E-state index contributed by atoms with van der Waals surface area (Å²) in [6, 6.07) is 57.0. The molecule has 0 fully saturated rings. The first-order chi connectivity index (χ1) is 33.0. The van der Waals surface area contributed by atoms with E-state index in [1.807, 2.05) is 36.4 Å². The number of hydrogen-bond donors (Lipinski definition) is 2. The molecule has 0 aliphatic heterocycles. The standard InChI is InChI=1S/C63H56N2O2/c1-3-5-7-13-31-63(32-14-8-6-4-2)57-37-47(43-19-23-45(24-20-43)53-33-41(39-66)35-55-51-15-9-11-17-59(51)64-61(53)55)27-29-49(57)50-30-28-48(38-58(50)63)44-21-25-46(26-22-44)54-34-42(40-67)36-56-52-16-10-12-18-60(52)65-62(54)56/h9-12,15-30,33-40,64-65H,3-8,13-14,31-32H2,1-2H3. The Morgan fingerprint density at radius 3 is 1.21 bits per heavy atom. The molecule has 2 heterocycles. The van der Waals surface area contributed by atoms with Crippen molar-refractivity contribution < 1.29 is 9.59 Å². The number of carbonyl (C=O) groups is 2. The van der Waals surface area contributed by atoms with Gasteiger partial charge in [0.2, 0.25) is 0 Å². The number of aldehydes is 2. The van der Waals surface area contributed by atoms with E-state index < -0.39 is 0 Å². The minimum absolute atomic E-state index is 0.0922. The summed E-state index contributed by atoms with van der Waals surface area (Å²) in [5.41, 5.74) is 20.3. The third-order valence-corrected chi connectivity index (χ3v) is 14.9. The molecule has 2 aromatic heterocycles. The van der Waals surface area contributed by atoms with Crippen LogP contribution in [0.25, 0.3) is 99.2 Å². The van der Waals surface area contributed by atoms with Gasteiger partial charge in [0.25, 0.3) is 0 Å². The molecule has 0 atom stereocenters. The van der Waals surface area contributed by atoms with Gasteiger partial charge in [-0.25, -0.2) is 0 Å². The van der Waals surface area contributed by atoms with E-state index in [9.17, 15) is 9.59 Å². The van der Waals surface area contributed by atoms with Gasteiger partial charge in [-0.05, 0) is 117 Å². The smallest absolute Gasteiger partial charge is 0.150 e. The quantitative estimate of drug-likeness (QED) is 0.0750. The van der Waals surface area contributed by atoms with E-state index in [2.05, 4.69) is 145 Å². The number of unbranched alkanes of at least 4 members (excludes halogenated alkanes) is 6. The van der Waals surface area contributed by atoms with Gasteiger partial charge in [-0.3, -0.25) is 9.59 Å². The Morgan fingerprint density at radius 2 is 0.791 bits per heavy atom. The Labute approximate surface area is 393 Å². The maximum absolute atomic E-state index is 12.2. The van der Waals surface area contributed by atoms with Crippen molar-refractivity contribution >= 4 is 56.2 Å². The average molecular weight is 873 g/mol. The van der Waals surface area contributed by atoms with Crippen LogP contribution in [0, 0.1) is 0 Å². The molecule has 0 radical (unpaired) electrons. The Kier molecular flexibility index (Phi) is 11.3. The summed E-state index contributed by atoms with van der Waals surface area (Å²) in [7, 11) is 0. The first-order valence-electron chi connectivity index (χ1n) is 24.5. The molecule has 2 N–H and O–H groups in total. The van der Waals surface area contributed by atoms with Crippen molar-refractivity contribution in [3.8, 4) is 55.6 Å². The van der Waals surface area contributed by atoms with Gasteiger partial charge in [0, 0.05) is 60.2 Å². The minimum Gasteiger partial charge on any atom is -0.354 e. The van der Waals surface area contributed by atoms with Crippen molar-refractivity contribution in [2.75, 3.05) is 0 Å². The SMILES string of the molecule is CCCCCCC1(CCCCCC)c2cc(-c3ccc(-c4cc(C=O)cc5c4[nH]c4ccccc45)cc3)ccc2-c2ccc(-c3ccc(-c4cc(C=O)cc5c4[nH]c4ccccc45)cc3)cc21. The molecule has 0 saturated carbocycles. The van der Waals surface area contributed by atoms with E-state index in [1.54, 1.807) is 0 Å². The van der Waals surface area contributed by atoms with Crippen molar-refractivity contribution in [2.24, 2.45) is 0 Å². The van der Waals surface area contributed by atoms with Gasteiger partial charge in [0.15, 0.2) is 0 Å². The van der Waals surface area contributed by atoms with Crippen molar-refractivity contribution in [1.29, 1.82) is 0 Å². The maximum atomic E-state index is 12.2. The number of benzene rings is 8. The molecule has 0 bridgehead atoms. The zero-order chi connectivity index (χ0) is 45.5. The average Bonchev–Trinajstić information content (AvgIpc) is 4.04. The fourth-order valence-corrected chi connectivity index (χ4v) is 11.4. The van der Waals surface area contributed by atoms with E-state index >= 15 is 0 Å². The molecule has 8 aromatic carbocycles. The Bertz CT molecular complexity index is 3240. The van der Waals surface area contributed by atoms with E-state index in [0.717, 1.165) is 91.3 Å². The molecular weight excluding hydrogens is 817 g/mol. The van der Waals surface area contributed by atoms with Crippen LogP contribution in [0.15, 0.2) is 158 Å². The molecule has 0 amide bonds. The fourth-order valence-electron chi connectivity index (χ4n) is 11.4. The molecule has 330 valence electrons. The van der Waals surface area contributed by atoms with Crippen LogP contribution >= 0.6 is 0 Å². The van der Waals surface area contributed by atoms with Crippen LogP contribution in [-0.2, 0) is 5.41 Å². The predicted molar refractivity (Wildman–Crippen MR) is 281 cm³/mol. The summed E-state index contributed by atoms with van der Waals surface area (Å²) in [4.78, 5) is 31.6. The molecule has 67 heavy (non-hydrogen) atoms. The van der Waals surface area contributed by atoms with Crippen LogP contribution in [0.5, 0.6) is 0 Å². The molecular formula is C63H56N2O2. The number of hydrogen-bond acceptors (Lipinski definition) is 2. The molecule has 0 unspecified atom stereocenters. The Balaban J connectivity index is 0.975. The first kappa shape index (κ1) is 42.3. The number of nitrogens with one attached hydrogen (secondary N) is 2. The molecule has 0 spiro atoms. The van der Waals surface area contributed by atoms with Crippen molar-refractivity contribution in [1.82, 2.24) is 9.97 Å². The van der Waals surface area contributed by atoms with Gasteiger partial charge in [-0.1, -0.05) is 174 Å². The minimum atomic E-state index is -0.0922. The lowest BCUT2D eigenvalue weighted by Gasteiger charge is -2.33. The van der Waals surface area contributed by atoms with E-state index in [1.165, 1.54) is 95.9 Å². The van der Waals surface area contributed by atoms with Gasteiger partial charge in [0.05, 0.1) is 11.0 Å². The van der Waals surface area contributed by atoms with Crippen LogP contribution in [-0.4, -0.2) is 22.5 Å². The second-order valence-corrected chi connectivity index (χ2v) is 18.9. The Morgan fingerprint density at radius 1 is 0.388 bits per heavy atom. The number of H-pyrrole nitrogens is 2. The summed E-state index contributed by atoms with van der Waals surface area (Å²) >= 11 is 0. The number of aromatic nitrogens is 2. The van der Waals surface area contributed by atoms with Gasteiger partial charge >= 0.3 is 0 Å². The summed E-state index contributed by atoms with van der Waals surface area (Å²) in [5, 5.41) is 4.39. The van der Waals surface area contributed by atoms with Crippen molar-refractivity contribution in [3.05, 3.63) is 180 Å². The molecule has 10 aromatic rings. The van der Waals surface area contributed by atoms with Crippen molar-refractivity contribution in [2.45, 2.75) is 83.5 Å². The van der Waals surface area contributed by atoms with Crippen LogP contribution in [0.2, 0.25) is 0 Å². The largest absolute Gasteiger partial charge is 0.354 e. The number of aromatic amines is 2. The van der Waals surface area contributed by atoms with E-state index in [4.69, 9.17) is 0 Å². The zero-order valence-electron chi connectivity index (χ0n) is 38.6. The Hall–Kier alpha value is -7.30. The first-order valence-corrected chi connectivity index (χ1v) is 24.5. The van der Waals surface area contributed by atoms with Gasteiger partial charge in [-0.2, -0.15) is 0 Å². The van der Waals surface area contributed by atoms with Crippen LogP contribution < -0.4 is 0 Å². The lowest BCUT2D eigenvalue weighted by Crippen LogP contribution is -2.25. The normalized spacial score (nSPS) is 12.9. The highest BCUT2D eigenvalue weighted by Gasteiger charge is 2.42. The summed E-state index contributed by atoms with van der Waals surface area (Å²) in [6.45, 7) is 4.61. The number of rotatable bonds is 16. The summed E-state index contributed by atoms with van der Waals surface area (Å²) < 4.78 is 0. The van der Waals surface area contributed by atoms with Gasteiger partial charge in [-0.15, -0.1) is 0 Å². The maximum Gasteiger partial charge on any atom is 0.150 e.